The molecule has 0 radical (unpaired) electrons. The number of nitrogens with one attached hydrogen (secondary N) is 1. The van der Waals surface area contributed by atoms with Crippen molar-refractivity contribution in [1.82, 2.24) is 9.69 Å². The van der Waals surface area contributed by atoms with Crippen LogP contribution in [0.25, 0.3) is 0 Å². The van der Waals surface area contributed by atoms with E-state index >= 15 is 0 Å². The summed E-state index contributed by atoms with van der Waals surface area (Å²) in [5, 5.41) is 2.97. The van der Waals surface area contributed by atoms with Crippen molar-refractivity contribution >= 4 is 40.6 Å². The average Bonchev–Trinajstić information content (AvgIpc) is 3.36. The number of primary amides is 1. The number of nitrogen functional groups attached to an aromatic ring is 1. The fourth-order valence-electron chi connectivity index (χ4n) is 4.23. The topological polar surface area (TPSA) is 141 Å². The van der Waals surface area contributed by atoms with E-state index in [2.05, 4.69) is 23.5 Å². The summed E-state index contributed by atoms with van der Waals surface area (Å²) in [6, 6.07) is 22.7. The Balaban J connectivity index is 1.84. The third kappa shape index (κ3) is 6.13. The van der Waals surface area contributed by atoms with E-state index in [9.17, 15) is 14.4 Å². The Morgan fingerprint density at radius 1 is 0.950 bits per heavy atom. The van der Waals surface area contributed by atoms with Crippen molar-refractivity contribution < 1.29 is 19.1 Å². The van der Waals surface area contributed by atoms with Gasteiger partial charge in [0.1, 0.15) is 16.7 Å². The van der Waals surface area contributed by atoms with Crippen molar-refractivity contribution in [2.24, 2.45) is 5.73 Å². The first-order valence-corrected chi connectivity index (χ1v) is 13.4. The molecular formula is C30H31N5O4S. The highest BCUT2D eigenvalue weighted by atomic mass is 32.1. The van der Waals surface area contributed by atoms with Crippen LogP contribution in [0.3, 0.4) is 0 Å². The molecule has 1 atom stereocenters. The molecule has 10 heteroatoms. The molecule has 4 aromatic rings. The van der Waals surface area contributed by atoms with E-state index in [1.165, 1.54) is 4.90 Å². The number of methoxy groups -OCH3 is 1. The van der Waals surface area contributed by atoms with E-state index in [0.717, 1.165) is 22.7 Å². The molecule has 0 spiro atoms. The molecule has 3 amide bonds. The predicted molar refractivity (Wildman–Crippen MR) is 156 cm³/mol. The predicted octanol–water partition coefficient (Wildman–Crippen LogP) is 4.66. The average molecular weight is 558 g/mol. The van der Waals surface area contributed by atoms with E-state index in [-0.39, 0.29) is 28.7 Å². The summed E-state index contributed by atoms with van der Waals surface area (Å²) in [6.07, 6.45) is 0. The second-order valence-corrected chi connectivity index (χ2v) is 10.2. The zero-order valence-corrected chi connectivity index (χ0v) is 23.3. The van der Waals surface area contributed by atoms with Crippen LogP contribution >= 0.6 is 11.5 Å². The molecule has 0 aliphatic heterocycles. The van der Waals surface area contributed by atoms with Crippen molar-refractivity contribution in [2.75, 3.05) is 17.7 Å². The SMILES string of the molecule is COc1ccc([C@@H](C(=O)NCc2ccccc2)N(C(=O)c2snc(C(N)=O)c2N)c2ccc(C(C)C)cc2)cc1. The van der Waals surface area contributed by atoms with E-state index in [0.29, 0.717) is 17.0 Å². The highest BCUT2D eigenvalue weighted by Gasteiger charge is 2.36. The lowest BCUT2D eigenvalue weighted by Gasteiger charge is -2.31. The summed E-state index contributed by atoms with van der Waals surface area (Å²) >= 11 is 0.766. The number of ether oxygens (including phenoxy) is 1. The minimum atomic E-state index is -1.09. The van der Waals surface area contributed by atoms with Crippen molar-refractivity contribution in [2.45, 2.75) is 32.4 Å². The lowest BCUT2D eigenvalue weighted by molar-refractivity contribution is -0.122. The molecular weight excluding hydrogens is 526 g/mol. The summed E-state index contributed by atoms with van der Waals surface area (Å²) in [7, 11) is 1.55. The highest BCUT2D eigenvalue weighted by Crippen LogP contribution is 2.34. The van der Waals surface area contributed by atoms with Crippen LogP contribution in [0.1, 0.15) is 62.7 Å². The maximum absolute atomic E-state index is 14.2. The van der Waals surface area contributed by atoms with Crippen molar-refractivity contribution in [1.29, 1.82) is 0 Å². The van der Waals surface area contributed by atoms with Crippen LogP contribution in [0.15, 0.2) is 78.9 Å². The number of benzene rings is 3. The maximum atomic E-state index is 14.2. The molecule has 3 aromatic carbocycles. The van der Waals surface area contributed by atoms with Gasteiger partial charge in [-0.05, 0) is 58.4 Å². The first-order valence-electron chi connectivity index (χ1n) is 12.6. The van der Waals surface area contributed by atoms with Gasteiger partial charge in [0.05, 0.1) is 12.8 Å². The minimum Gasteiger partial charge on any atom is -0.497 e. The zero-order valence-electron chi connectivity index (χ0n) is 22.5. The van der Waals surface area contributed by atoms with Gasteiger partial charge >= 0.3 is 0 Å². The van der Waals surface area contributed by atoms with Gasteiger partial charge in [-0.1, -0.05) is 68.4 Å². The fourth-order valence-corrected chi connectivity index (χ4v) is 4.97. The Morgan fingerprint density at radius 2 is 1.57 bits per heavy atom. The van der Waals surface area contributed by atoms with Crippen molar-refractivity contribution in [3.8, 4) is 5.75 Å². The molecule has 0 unspecified atom stereocenters. The number of carbonyl (C=O) groups excluding carboxylic acids is 3. The molecule has 0 aliphatic carbocycles. The smallest absolute Gasteiger partial charge is 0.273 e. The van der Waals surface area contributed by atoms with Crippen LogP contribution < -0.4 is 26.4 Å². The molecule has 4 rings (SSSR count). The fraction of sp³-hybridized carbons (Fsp3) is 0.200. The van der Waals surface area contributed by atoms with Crippen LogP contribution in [-0.4, -0.2) is 29.2 Å². The Labute approximate surface area is 236 Å². The van der Waals surface area contributed by atoms with Crippen LogP contribution in [0.5, 0.6) is 5.75 Å². The third-order valence-electron chi connectivity index (χ3n) is 6.46. The molecule has 1 heterocycles. The van der Waals surface area contributed by atoms with E-state index in [1.54, 1.807) is 43.5 Å². The summed E-state index contributed by atoms with van der Waals surface area (Å²) < 4.78 is 9.31. The summed E-state index contributed by atoms with van der Waals surface area (Å²) in [5.74, 6) is -0.971. The van der Waals surface area contributed by atoms with Gasteiger partial charge in [0, 0.05) is 12.2 Å². The summed E-state index contributed by atoms with van der Waals surface area (Å²) in [6.45, 7) is 4.39. The van der Waals surface area contributed by atoms with Gasteiger partial charge in [-0.2, -0.15) is 4.37 Å². The monoisotopic (exact) mass is 557 g/mol. The Bertz CT molecular complexity index is 1490. The van der Waals surface area contributed by atoms with E-state index in [4.69, 9.17) is 16.2 Å². The first-order chi connectivity index (χ1) is 19.2. The van der Waals surface area contributed by atoms with Gasteiger partial charge in [-0.25, -0.2) is 0 Å². The van der Waals surface area contributed by atoms with Crippen LogP contribution in [0, 0.1) is 0 Å². The lowest BCUT2D eigenvalue weighted by Crippen LogP contribution is -2.44. The minimum absolute atomic E-state index is 0.0103. The van der Waals surface area contributed by atoms with Crippen molar-refractivity contribution in [3.63, 3.8) is 0 Å². The number of hydrogen-bond acceptors (Lipinski definition) is 7. The van der Waals surface area contributed by atoms with E-state index < -0.39 is 23.8 Å². The molecule has 9 nitrogen and oxygen atoms in total. The Morgan fingerprint density at radius 3 is 2.12 bits per heavy atom. The number of amides is 3. The number of nitrogens with two attached hydrogens (primary N) is 2. The zero-order chi connectivity index (χ0) is 28.8. The van der Waals surface area contributed by atoms with Gasteiger partial charge in [0.15, 0.2) is 5.69 Å². The normalized spacial score (nSPS) is 11.6. The largest absolute Gasteiger partial charge is 0.497 e. The van der Waals surface area contributed by atoms with Gasteiger partial charge < -0.3 is 21.5 Å². The molecule has 0 fully saturated rings. The Hall–Kier alpha value is -4.70. The molecule has 0 saturated heterocycles. The molecule has 0 aliphatic rings. The van der Waals surface area contributed by atoms with Gasteiger partial charge in [0.25, 0.3) is 11.8 Å². The summed E-state index contributed by atoms with van der Waals surface area (Å²) in [4.78, 5) is 41.4. The van der Waals surface area contributed by atoms with Gasteiger partial charge in [0.2, 0.25) is 5.91 Å². The maximum Gasteiger partial charge on any atom is 0.273 e. The number of rotatable bonds is 10. The van der Waals surface area contributed by atoms with E-state index in [1.807, 2.05) is 42.5 Å². The molecule has 0 saturated carbocycles. The molecule has 5 N–H and O–H groups in total. The summed E-state index contributed by atoms with van der Waals surface area (Å²) in [5.41, 5.74) is 14.2. The second kappa shape index (κ2) is 12.4. The Kier molecular flexibility index (Phi) is 8.80. The third-order valence-corrected chi connectivity index (χ3v) is 7.31. The molecule has 1 aromatic heterocycles. The highest BCUT2D eigenvalue weighted by molar-refractivity contribution is 7.09. The number of nitrogens with zero attached hydrogens (tertiary/aromatic N) is 2. The number of hydrogen-bond donors (Lipinski definition) is 3. The molecule has 40 heavy (non-hydrogen) atoms. The first kappa shape index (κ1) is 28.3. The van der Waals surface area contributed by atoms with Gasteiger partial charge in [-0.3, -0.25) is 19.3 Å². The van der Waals surface area contributed by atoms with Crippen LogP contribution in [0.4, 0.5) is 11.4 Å². The van der Waals surface area contributed by atoms with Crippen LogP contribution in [-0.2, 0) is 11.3 Å². The molecule has 0 bridgehead atoms. The standard InChI is InChI=1S/C30H31N5O4S/c1-18(2)20-9-13-22(14-10-20)35(30(38)27-24(31)25(28(32)36)34-40-27)26(21-11-15-23(39-3)16-12-21)29(37)33-17-19-7-5-4-6-8-19/h4-16,18,26H,17,31H2,1-3H3,(H2,32,36)(H,33,37)/t26-/m0/s1. The van der Waals surface area contributed by atoms with Gasteiger partial charge in [-0.15, -0.1) is 0 Å². The lowest BCUT2D eigenvalue weighted by atomic mass is 10.00. The van der Waals surface area contributed by atoms with Crippen molar-refractivity contribution in [3.05, 3.63) is 106 Å². The second-order valence-electron chi connectivity index (χ2n) is 9.44. The number of aromatic nitrogens is 1. The number of carbonyl (C=O) groups is 3. The number of anilines is 2. The molecule has 206 valence electrons. The van der Waals surface area contributed by atoms with Crippen LogP contribution in [0.2, 0.25) is 0 Å². The quantitative estimate of drug-likeness (QED) is 0.259.